The van der Waals surface area contributed by atoms with Crippen molar-refractivity contribution in [3.8, 4) is 0 Å². The lowest BCUT2D eigenvalue weighted by Gasteiger charge is -2.23. The number of ether oxygens (including phenoxy) is 1. The summed E-state index contributed by atoms with van der Waals surface area (Å²) in [5.74, 6) is 0.465. The fourth-order valence-corrected chi connectivity index (χ4v) is 1.57. The molecule has 0 aromatic carbocycles. The molecule has 1 heterocycles. The molecule has 1 rings (SSSR count). The number of nitrogens with zero attached hydrogens (tertiary/aromatic N) is 2. The van der Waals surface area contributed by atoms with Crippen molar-refractivity contribution < 1.29 is 9.53 Å². The topological polar surface area (TPSA) is 42.4 Å². The molecule has 0 radical (unpaired) electrons. The average molecular weight is 301 g/mol. The number of aromatic nitrogens is 1. The van der Waals surface area contributed by atoms with Gasteiger partial charge >= 0.3 is 5.97 Å². The first kappa shape index (κ1) is 14.0. The number of hydrogen-bond donors (Lipinski definition) is 0. The molecule has 0 aliphatic heterocycles. The first-order chi connectivity index (χ1) is 7.78. The van der Waals surface area contributed by atoms with Crippen LogP contribution < -0.4 is 4.90 Å². The summed E-state index contributed by atoms with van der Waals surface area (Å²) in [4.78, 5) is 17.5. The fraction of sp³-hybridized carbons (Fsp3) is 0.500. The van der Waals surface area contributed by atoms with Gasteiger partial charge in [-0.25, -0.2) is 4.98 Å². The maximum absolute atomic E-state index is 11.6. The Morgan fingerprint density at radius 3 is 2.71 bits per heavy atom. The summed E-state index contributed by atoms with van der Waals surface area (Å²) in [5, 5.41) is 0. The first-order valence-electron chi connectivity index (χ1n) is 5.32. The van der Waals surface area contributed by atoms with Crippen LogP contribution in [0.4, 0.5) is 5.82 Å². The molecule has 0 saturated carbocycles. The second-order valence-electron chi connectivity index (χ2n) is 4.77. The van der Waals surface area contributed by atoms with Crippen LogP contribution in [0, 0.1) is 0 Å². The van der Waals surface area contributed by atoms with Crippen molar-refractivity contribution in [3.63, 3.8) is 0 Å². The summed E-state index contributed by atoms with van der Waals surface area (Å²) in [5.41, 5.74) is -0.456. The molecule has 94 valence electrons. The molecule has 1 aromatic heterocycles. The van der Waals surface area contributed by atoms with E-state index in [0.717, 1.165) is 10.3 Å². The van der Waals surface area contributed by atoms with Gasteiger partial charge in [0, 0.05) is 17.7 Å². The monoisotopic (exact) mass is 300 g/mol. The van der Waals surface area contributed by atoms with Crippen LogP contribution in [0.1, 0.15) is 20.8 Å². The number of rotatable bonds is 3. The SMILES string of the molecule is CN(CC(=O)OC(C)(C)C)c1cc(Br)ccn1. The highest BCUT2D eigenvalue weighted by Gasteiger charge is 2.18. The molecular formula is C12H17BrN2O2. The molecule has 0 saturated heterocycles. The van der Waals surface area contributed by atoms with Crippen molar-refractivity contribution in [2.75, 3.05) is 18.5 Å². The van der Waals surface area contributed by atoms with Gasteiger partial charge in [-0.3, -0.25) is 4.79 Å². The molecule has 1 aromatic rings. The highest BCUT2D eigenvalue weighted by atomic mass is 79.9. The zero-order valence-electron chi connectivity index (χ0n) is 10.5. The molecule has 0 bridgehead atoms. The van der Waals surface area contributed by atoms with Crippen LogP contribution in [-0.2, 0) is 9.53 Å². The third kappa shape index (κ3) is 5.17. The number of hydrogen-bond acceptors (Lipinski definition) is 4. The minimum Gasteiger partial charge on any atom is -0.459 e. The number of pyridine rings is 1. The zero-order valence-corrected chi connectivity index (χ0v) is 12.1. The Balaban J connectivity index is 2.61. The Kier molecular flexibility index (Phi) is 4.51. The smallest absolute Gasteiger partial charge is 0.326 e. The van der Waals surface area contributed by atoms with Crippen molar-refractivity contribution in [2.45, 2.75) is 26.4 Å². The van der Waals surface area contributed by atoms with Gasteiger partial charge in [-0.1, -0.05) is 15.9 Å². The van der Waals surface area contributed by atoms with Crippen LogP contribution in [-0.4, -0.2) is 30.1 Å². The van der Waals surface area contributed by atoms with E-state index in [0.29, 0.717) is 0 Å². The van der Waals surface area contributed by atoms with Gasteiger partial charge in [0.1, 0.15) is 18.0 Å². The number of halogens is 1. The molecule has 0 atom stereocenters. The minimum atomic E-state index is -0.456. The number of carbonyl (C=O) groups is 1. The molecule has 0 aliphatic carbocycles. The van der Waals surface area contributed by atoms with E-state index >= 15 is 0 Å². The number of carbonyl (C=O) groups excluding carboxylic acids is 1. The minimum absolute atomic E-state index is 0.181. The third-order valence-corrected chi connectivity index (χ3v) is 2.38. The third-order valence-electron chi connectivity index (χ3n) is 1.88. The van der Waals surface area contributed by atoms with Crippen LogP contribution in [0.3, 0.4) is 0 Å². The lowest BCUT2D eigenvalue weighted by Crippen LogP contribution is -2.33. The Bertz CT molecular complexity index is 402. The molecule has 4 nitrogen and oxygen atoms in total. The summed E-state index contributed by atoms with van der Waals surface area (Å²) in [6.07, 6.45) is 1.69. The summed E-state index contributed by atoms with van der Waals surface area (Å²) in [6.45, 7) is 5.73. The number of likely N-dealkylation sites (N-methyl/N-ethyl adjacent to an activating group) is 1. The number of esters is 1. The standard InChI is InChI=1S/C12H17BrN2O2/c1-12(2,3)17-11(16)8-15(4)10-7-9(13)5-6-14-10/h5-7H,8H2,1-4H3. The highest BCUT2D eigenvalue weighted by Crippen LogP contribution is 2.16. The quantitative estimate of drug-likeness (QED) is 0.805. The highest BCUT2D eigenvalue weighted by molar-refractivity contribution is 9.10. The average Bonchev–Trinajstić information content (AvgIpc) is 2.14. The predicted molar refractivity (Wildman–Crippen MR) is 71.1 cm³/mol. The largest absolute Gasteiger partial charge is 0.459 e. The maximum Gasteiger partial charge on any atom is 0.326 e. The van der Waals surface area contributed by atoms with Crippen LogP contribution >= 0.6 is 15.9 Å². The van der Waals surface area contributed by atoms with E-state index in [4.69, 9.17) is 4.74 Å². The van der Waals surface area contributed by atoms with Crippen LogP contribution in [0.15, 0.2) is 22.8 Å². The van der Waals surface area contributed by atoms with E-state index in [-0.39, 0.29) is 12.5 Å². The van der Waals surface area contributed by atoms with Gasteiger partial charge in [0.05, 0.1) is 0 Å². The van der Waals surface area contributed by atoms with Crippen molar-refractivity contribution >= 4 is 27.7 Å². The van der Waals surface area contributed by atoms with Crippen LogP contribution in [0.25, 0.3) is 0 Å². The molecule has 0 unspecified atom stereocenters. The van der Waals surface area contributed by atoms with E-state index in [1.807, 2.05) is 32.9 Å². The second-order valence-corrected chi connectivity index (χ2v) is 5.69. The second kappa shape index (κ2) is 5.49. The van der Waals surface area contributed by atoms with Crippen molar-refractivity contribution in [1.82, 2.24) is 4.98 Å². The van der Waals surface area contributed by atoms with Crippen molar-refractivity contribution in [1.29, 1.82) is 0 Å². The summed E-state index contributed by atoms with van der Waals surface area (Å²) >= 11 is 3.36. The predicted octanol–water partition coefficient (Wildman–Crippen LogP) is 2.62. The molecule has 0 amide bonds. The van der Waals surface area contributed by atoms with Gasteiger partial charge in [0.2, 0.25) is 0 Å². The first-order valence-corrected chi connectivity index (χ1v) is 6.12. The van der Waals surface area contributed by atoms with Crippen molar-refractivity contribution in [3.05, 3.63) is 22.8 Å². The Morgan fingerprint density at radius 1 is 1.53 bits per heavy atom. The van der Waals surface area contributed by atoms with Crippen molar-refractivity contribution in [2.24, 2.45) is 0 Å². The normalized spacial score (nSPS) is 11.1. The van der Waals surface area contributed by atoms with E-state index in [1.54, 1.807) is 18.1 Å². The fourth-order valence-electron chi connectivity index (χ4n) is 1.25. The van der Waals surface area contributed by atoms with E-state index in [9.17, 15) is 4.79 Å². The van der Waals surface area contributed by atoms with Crippen LogP contribution in [0.2, 0.25) is 0 Å². The molecular weight excluding hydrogens is 284 g/mol. The van der Waals surface area contributed by atoms with Crippen LogP contribution in [0.5, 0.6) is 0 Å². The Labute approximate surface area is 110 Å². The Morgan fingerprint density at radius 2 is 2.18 bits per heavy atom. The van der Waals surface area contributed by atoms with Gasteiger partial charge in [0.15, 0.2) is 0 Å². The van der Waals surface area contributed by atoms with Gasteiger partial charge in [-0.05, 0) is 32.9 Å². The van der Waals surface area contributed by atoms with Gasteiger partial charge < -0.3 is 9.64 Å². The molecule has 0 fully saturated rings. The summed E-state index contributed by atoms with van der Waals surface area (Å²) in [7, 11) is 1.80. The lowest BCUT2D eigenvalue weighted by molar-refractivity contribution is -0.152. The Hall–Kier alpha value is -1.10. The summed E-state index contributed by atoms with van der Waals surface area (Å²) < 4.78 is 6.17. The van der Waals surface area contributed by atoms with E-state index in [1.165, 1.54) is 0 Å². The molecule has 0 aliphatic rings. The molecule has 17 heavy (non-hydrogen) atoms. The zero-order chi connectivity index (χ0) is 13.1. The van der Waals surface area contributed by atoms with Gasteiger partial charge in [-0.15, -0.1) is 0 Å². The molecule has 0 N–H and O–H groups in total. The van der Waals surface area contributed by atoms with E-state index < -0.39 is 5.60 Å². The maximum atomic E-state index is 11.6. The summed E-state index contributed by atoms with van der Waals surface area (Å²) in [6, 6.07) is 3.69. The molecule has 0 spiro atoms. The van der Waals surface area contributed by atoms with Gasteiger partial charge in [0.25, 0.3) is 0 Å². The number of anilines is 1. The van der Waals surface area contributed by atoms with E-state index in [2.05, 4.69) is 20.9 Å². The van der Waals surface area contributed by atoms with Gasteiger partial charge in [-0.2, -0.15) is 0 Å². The molecule has 5 heteroatoms. The lowest BCUT2D eigenvalue weighted by atomic mass is 10.2.